The Labute approximate surface area is 184 Å². The van der Waals surface area contributed by atoms with Crippen molar-refractivity contribution in [1.29, 1.82) is 0 Å². The zero-order chi connectivity index (χ0) is 23.6. The summed E-state index contributed by atoms with van der Waals surface area (Å²) in [4.78, 5) is 20.1. The predicted octanol–water partition coefficient (Wildman–Crippen LogP) is 3.93. The Morgan fingerprint density at radius 2 is 1.88 bits per heavy atom. The Morgan fingerprint density at radius 1 is 1.16 bits per heavy atom. The molecule has 0 aliphatic rings. The summed E-state index contributed by atoms with van der Waals surface area (Å²) in [5.41, 5.74) is 0.978. The van der Waals surface area contributed by atoms with E-state index >= 15 is 0 Å². The normalized spacial score (nSPS) is 12.6. The lowest BCUT2D eigenvalue weighted by atomic mass is 10.2. The molecule has 0 aliphatic heterocycles. The van der Waals surface area contributed by atoms with Crippen LogP contribution in [-0.4, -0.2) is 28.2 Å². The second-order valence-corrected chi connectivity index (χ2v) is 9.95. The van der Waals surface area contributed by atoms with Crippen molar-refractivity contribution in [2.24, 2.45) is 7.05 Å². The number of sulfone groups is 1. The monoisotopic (exact) mass is 463 g/mol. The van der Waals surface area contributed by atoms with Crippen molar-refractivity contribution in [3.8, 4) is 23.0 Å². The molecule has 0 bridgehead atoms. The number of ether oxygens (including phenoxy) is 1. The van der Waals surface area contributed by atoms with E-state index in [1.165, 1.54) is 42.0 Å². The molecule has 3 rings (SSSR count). The molecule has 0 saturated carbocycles. The van der Waals surface area contributed by atoms with Gasteiger partial charge in [0.15, 0.2) is 21.4 Å². The number of rotatable bonds is 7. The first-order chi connectivity index (χ1) is 15.0. The summed E-state index contributed by atoms with van der Waals surface area (Å²) in [7, 11) is -1.97. The van der Waals surface area contributed by atoms with E-state index in [1.54, 1.807) is 20.9 Å². The number of aryl methyl sites for hydroxylation is 2. The Balaban J connectivity index is 2.13. The summed E-state index contributed by atoms with van der Waals surface area (Å²) < 4.78 is 60.1. The van der Waals surface area contributed by atoms with Crippen molar-refractivity contribution in [3.05, 3.63) is 69.8 Å². The molecule has 0 spiro atoms. The van der Waals surface area contributed by atoms with Crippen LogP contribution >= 0.6 is 0 Å². The van der Waals surface area contributed by atoms with Crippen LogP contribution in [0.2, 0.25) is 0 Å². The molecule has 10 heteroatoms. The summed E-state index contributed by atoms with van der Waals surface area (Å²) in [5.74, 6) is -3.07. The maximum atomic E-state index is 14.3. The second-order valence-electron chi connectivity index (χ2n) is 7.53. The van der Waals surface area contributed by atoms with Crippen molar-refractivity contribution in [2.45, 2.75) is 38.2 Å². The fraction of sp³-hybridized carbons (Fsp3) is 0.318. The second kappa shape index (κ2) is 9.15. The van der Waals surface area contributed by atoms with Gasteiger partial charge in [-0.3, -0.25) is 4.79 Å². The molecule has 32 heavy (non-hydrogen) atoms. The van der Waals surface area contributed by atoms with Gasteiger partial charge in [0.2, 0.25) is 11.4 Å². The standard InChI is InChI=1S/C22H23F2N3O4S/c1-5-14(3)32(29,30)12-16-10-18(15-7-9-19(28)27(4)11-15)26-22(25-16)31-21-13(2)6-8-17(23)20(21)24/h6-11,14H,5,12H2,1-4H3. The van der Waals surface area contributed by atoms with Crippen molar-refractivity contribution in [1.82, 2.24) is 14.5 Å². The van der Waals surface area contributed by atoms with E-state index in [-0.39, 0.29) is 28.7 Å². The average Bonchev–Trinajstić information content (AvgIpc) is 2.74. The Bertz CT molecular complexity index is 1320. The van der Waals surface area contributed by atoms with E-state index < -0.39 is 32.5 Å². The minimum Gasteiger partial charge on any atom is -0.421 e. The highest BCUT2D eigenvalue weighted by Gasteiger charge is 2.23. The van der Waals surface area contributed by atoms with Crippen LogP contribution in [-0.2, 0) is 22.6 Å². The fourth-order valence-electron chi connectivity index (χ4n) is 2.93. The van der Waals surface area contributed by atoms with E-state index in [1.807, 2.05) is 0 Å². The molecule has 1 atom stereocenters. The molecule has 0 radical (unpaired) electrons. The number of benzene rings is 1. The Hall–Kier alpha value is -3.14. The average molecular weight is 464 g/mol. The van der Waals surface area contributed by atoms with E-state index in [4.69, 9.17) is 4.74 Å². The number of pyridine rings is 1. The van der Waals surface area contributed by atoms with Crippen LogP contribution in [0.4, 0.5) is 8.78 Å². The smallest absolute Gasteiger partial charge is 0.322 e. The van der Waals surface area contributed by atoms with Gasteiger partial charge in [-0.1, -0.05) is 13.0 Å². The van der Waals surface area contributed by atoms with Crippen LogP contribution in [0.3, 0.4) is 0 Å². The maximum absolute atomic E-state index is 14.3. The zero-order valence-electron chi connectivity index (χ0n) is 18.1. The summed E-state index contributed by atoms with van der Waals surface area (Å²) in [6.07, 6.45) is 1.95. The van der Waals surface area contributed by atoms with Crippen LogP contribution in [0, 0.1) is 18.6 Å². The molecule has 170 valence electrons. The molecule has 1 unspecified atom stereocenters. The number of hydrogen-bond acceptors (Lipinski definition) is 6. The summed E-state index contributed by atoms with van der Waals surface area (Å²) >= 11 is 0. The molecule has 3 aromatic rings. The SMILES string of the molecule is CCC(C)S(=O)(=O)Cc1cc(-c2ccc(=O)n(C)c2)nc(Oc2c(C)ccc(F)c2F)n1. The van der Waals surface area contributed by atoms with Crippen LogP contribution in [0.25, 0.3) is 11.3 Å². The zero-order valence-corrected chi connectivity index (χ0v) is 18.9. The summed E-state index contributed by atoms with van der Waals surface area (Å²) in [6, 6.07) is 6.32. The third-order valence-electron chi connectivity index (χ3n) is 5.12. The Kier molecular flexibility index (Phi) is 6.73. The molecule has 7 nitrogen and oxygen atoms in total. The molecular formula is C22H23F2N3O4S. The molecule has 2 heterocycles. The minimum atomic E-state index is -3.53. The number of halogens is 2. The van der Waals surface area contributed by atoms with Gasteiger partial charge in [-0.25, -0.2) is 12.8 Å². The van der Waals surface area contributed by atoms with E-state index in [9.17, 15) is 22.0 Å². The van der Waals surface area contributed by atoms with Crippen LogP contribution in [0.5, 0.6) is 11.8 Å². The molecule has 0 N–H and O–H groups in total. The van der Waals surface area contributed by atoms with E-state index in [2.05, 4.69) is 9.97 Å². The lowest BCUT2D eigenvalue weighted by Gasteiger charge is -2.14. The fourth-order valence-corrected chi connectivity index (χ4v) is 4.29. The first-order valence-electron chi connectivity index (χ1n) is 9.91. The van der Waals surface area contributed by atoms with Gasteiger partial charge in [-0.05, 0) is 44.0 Å². The van der Waals surface area contributed by atoms with Gasteiger partial charge in [-0.2, -0.15) is 14.4 Å². The van der Waals surface area contributed by atoms with Crippen LogP contribution in [0.15, 0.2) is 41.3 Å². The van der Waals surface area contributed by atoms with E-state index in [0.29, 0.717) is 17.5 Å². The minimum absolute atomic E-state index is 0.133. The number of hydrogen-bond donors (Lipinski definition) is 0. The van der Waals surface area contributed by atoms with Crippen LogP contribution in [0.1, 0.15) is 31.5 Å². The van der Waals surface area contributed by atoms with Gasteiger partial charge >= 0.3 is 6.01 Å². The van der Waals surface area contributed by atoms with Gasteiger partial charge in [0.05, 0.1) is 22.4 Å². The van der Waals surface area contributed by atoms with Crippen molar-refractivity contribution in [3.63, 3.8) is 0 Å². The van der Waals surface area contributed by atoms with Gasteiger partial charge in [0, 0.05) is 24.9 Å². The van der Waals surface area contributed by atoms with Gasteiger partial charge in [0.1, 0.15) is 0 Å². The predicted molar refractivity (Wildman–Crippen MR) is 116 cm³/mol. The van der Waals surface area contributed by atoms with Crippen molar-refractivity contribution in [2.75, 3.05) is 0 Å². The van der Waals surface area contributed by atoms with Gasteiger partial charge in [-0.15, -0.1) is 0 Å². The lowest BCUT2D eigenvalue weighted by molar-refractivity contribution is 0.389. The molecule has 0 amide bonds. The summed E-state index contributed by atoms with van der Waals surface area (Å²) in [5, 5.41) is -0.592. The largest absolute Gasteiger partial charge is 0.421 e. The molecule has 1 aromatic carbocycles. The van der Waals surface area contributed by atoms with Crippen molar-refractivity contribution >= 4 is 9.84 Å². The quantitative estimate of drug-likeness (QED) is 0.527. The highest BCUT2D eigenvalue weighted by Crippen LogP contribution is 2.30. The van der Waals surface area contributed by atoms with Gasteiger partial charge < -0.3 is 9.30 Å². The highest BCUT2D eigenvalue weighted by molar-refractivity contribution is 7.91. The first-order valence-corrected chi connectivity index (χ1v) is 11.6. The lowest BCUT2D eigenvalue weighted by Crippen LogP contribution is -2.19. The van der Waals surface area contributed by atoms with Crippen LogP contribution < -0.4 is 10.3 Å². The van der Waals surface area contributed by atoms with E-state index in [0.717, 1.165) is 6.07 Å². The molecule has 0 saturated heterocycles. The number of nitrogens with zero attached hydrogens (tertiary/aromatic N) is 3. The first kappa shape index (κ1) is 23.5. The number of aromatic nitrogens is 3. The third-order valence-corrected chi connectivity index (χ3v) is 7.38. The Morgan fingerprint density at radius 3 is 2.53 bits per heavy atom. The summed E-state index contributed by atoms with van der Waals surface area (Å²) in [6.45, 7) is 4.90. The molecule has 0 aliphatic carbocycles. The molecular weight excluding hydrogens is 440 g/mol. The molecule has 0 fully saturated rings. The topological polar surface area (TPSA) is 91.2 Å². The highest BCUT2D eigenvalue weighted by atomic mass is 32.2. The maximum Gasteiger partial charge on any atom is 0.322 e. The third kappa shape index (κ3) is 5.01. The molecule has 2 aromatic heterocycles. The van der Waals surface area contributed by atoms with Gasteiger partial charge in [0.25, 0.3) is 0 Å². The van der Waals surface area contributed by atoms with Crippen molar-refractivity contribution < 1.29 is 21.9 Å².